The van der Waals surface area contributed by atoms with Gasteiger partial charge in [0.2, 0.25) is 0 Å². The highest BCUT2D eigenvalue weighted by Crippen LogP contribution is 2.70. The van der Waals surface area contributed by atoms with E-state index in [0.717, 1.165) is 41.5 Å². The Morgan fingerprint density at radius 3 is 2.29 bits per heavy atom. The Balaban J connectivity index is 1.57. The third-order valence-electron chi connectivity index (χ3n) is 7.05. The fraction of sp³-hybridized carbons (Fsp3) is 1.00. The molecule has 2 bridgehead atoms. The van der Waals surface area contributed by atoms with E-state index < -0.39 is 0 Å². The molecule has 0 heterocycles. The lowest BCUT2D eigenvalue weighted by Gasteiger charge is -2.26. The second-order valence-electron chi connectivity index (χ2n) is 8.28. The van der Waals surface area contributed by atoms with E-state index in [1.807, 2.05) is 0 Å². The van der Waals surface area contributed by atoms with Crippen LogP contribution in [0.15, 0.2) is 0 Å². The normalized spacial score (nSPS) is 39.3. The maximum Gasteiger partial charge on any atom is 0.0104 e. The molecule has 0 aromatic heterocycles. The third-order valence-corrected chi connectivity index (χ3v) is 7.05. The van der Waals surface area contributed by atoms with Gasteiger partial charge in [-0.1, -0.05) is 46.5 Å². The summed E-state index contributed by atoms with van der Waals surface area (Å²) in [6, 6.07) is 0.852. The van der Waals surface area contributed by atoms with Crippen LogP contribution in [0, 0.1) is 35.5 Å². The molecule has 3 aliphatic carbocycles. The summed E-state index contributed by atoms with van der Waals surface area (Å²) in [7, 11) is 0. The van der Waals surface area contributed by atoms with Gasteiger partial charge in [-0.15, -0.1) is 0 Å². The molecule has 6 unspecified atom stereocenters. The maximum atomic E-state index is 3.97. The van der Waals surface area contributed by atoms with Crippen LogP contribution in [0.25, 0.3) is 0 Å². The summed E-state index contributed by atoms with van der Waals surface area (Å²) in [6.07, 6.45) is 13.1. The average molecular weight is 292 g/mol. The molecule has 0 aromatic carbocycles. The summed E-state index contributed by atoms with van der Waals surface area (Å²) in [4.78, 5) is 0. The smallest absolute Gasteiger partial charge is 0.0104 e. The minimum atomic E-state index is 0.852. The molecule has 3 aliphatic rings. The van der Waals surface area contributed by atoms with Crippen molar-refractivity contribution in [3.8, 4) is 0 Å². The van der Waals surface area contributed by atoms with Crippen LogP contribution in [-0.2, 0) is 0 Å². The number of hydrogen-bond donors (Lipinski definition) is 1. The standard InChI is InChI=1S/C20H37N/c1-4-7-8-14(6-3)12-17(21-11-5-2)20-18-15-9-10-16(13-15)19(18)20/h14-21H,4-13H2,1-3H3. The van der Waals surface area contributed by atoms with Gasteiger partial charge in [-0.2, -0.15) is 0 Å². The number of nitrogens with one attached hydrogen (secondary N) is 1. The van der Waals surface area contributed by atoms with Crippen LogP contribution < -0.4 is 5.32 Å². The van der Waals surface area contributed by atoms with Crippen molar-refractivity contribution in [3.63, 3.8) is 0 Å². The largest absolute Gasteiger partial charge is 0.314 e. The maximum absolute atomic E-state index is 3.97. The van der Waals surface area contributed by atoms with Gasteiger partial charge in [0.1, 0.15) is 0 Å². The molecule has 21 heavy (non-hydrogen) atoms. The third kappa shape index (κ3) is 3.19. The molecule has 1 nitrogen and oxygen atoms in total. The highest BCUT2D eigenvalue weighted by atomic mass is 14.9. The molecule has 122 valence electrons. The predicted octanol–water partition coefficient (Wildman–Crippen LogP) is 5.25. The van der Waals surface area contributed by atoms with Gasteiger partial charge in [0.05, 0.1) is 0 Å². The van der Waals surface area contributed by atoms with Gasteiger partial charge in [-0.25, -0.2) is 0 Å². The van der Waals surface area contributed by atoms with Crippen LogP contribution in [0.3, 0.4) is 0 Å². The fourth-order valence-electron chi connectivity index (χ4n) is 5.98. The highest BCUT2D eigenvalue weighted by molar-refractivity contribution is 5.15. The van der Waals surface area contributed by atoms with Crippen molar-refractivity contribution < 1.29 is 0 Å². The van der Waals surface area contributed by atoms with Gasteiger partial charge in [-0.3, -0.25) is 0 Å². The molecule has 0 aliphatic heterocycles. The zero-order valence-corrected chi connectivity index (χ0v) is 14.6. The van der Waals surface area contributed by atoms with Crippen molar-refractivity contribution in [3.05, 3.63) is 0 Å². The first-order valence-electron chi connectivity index (χ1n) is 10.0. The van der Waals surface area contributed by atoms with Gasteiger partial charge in [-0.05, 0) is 74.2 Å². The Kier molecular flexibility index (Phi) is 5.30. The Morgan fingerprint density at radius 1 is 1.00 bits per heavy atom. The summed E-state index contributed by atoms with van der Waals surface area (Å²) in [5.74, 6) is 6.58. The van der Waals surface area contributed by atoms with Gasteiger partial charge >= 0.3 is 0 Å². The van der Waals surface area contributed by atoms with Crippen molar-refractivity contribution in [2.75, 3.05) is 6.54 Å². The van der Waals surface area contributed by atoms with Crippen molar-refractivity contribution >= 4 is 0 Å². The molecule has 1 heteroatoms. The van der Waals surface area contributed by atoms with Crippen molar-refractivity contribution in [1.29, 1.82) is 0 Å². The molecule has 0 aromatic rings. The molecule has 0 saturated heterocycles. The van der Waals surface area contributed by atoms with E-state index >= 15 is 0 Å². The molecule has 0 radical (unpaired) electrons. The first-order chi connectivity index (χ1) is 10.3. The Labute approximate surface area is 132 Å². The predicted molar refractivity (Wildman–Crippen MR) is 91.3 cm³/mol. The quantitative estimate of drug-likeness (QED) is 0.579. The van der Waals surface area contributed by atoms with Crippen LogP contribution in [0.1, 0.15) is 78.6 Å². The summed E-state index contributed by atoms with van der Waals surface area (Å²) in [5.41, 5.74) is 0. The molecule has 6 atom stereocenters. The van der Waals surface area contributed by atoms with Gasteiger partial charge in [0.25, 0.3) is 0 Å². The lowest BCUT2D eigenvalue weighted by Crippen LogP contribution is -2.35. The molecular weight excluding hydrogens is 254 g/mol. The van der Waals surface area contributed by atoms with Crippen molar-refractivity contribution in [2.45, 2.75) is 84.6 Å². The van der Waals surface area contributed by atoms with E-state index in [9.17, 15) is 0 Å². The fourth-order valence-corrected chi connectivity index (χ4v) is 5.98. The summed E-state index contributed by atoms with van der Waals surface area (Å²) in [6.45, 7) is 8.30. The molecule has 3 saturated carbocycles. The molecule has 3 fully saturated rings. The van der Waals surface area contributed by atoms with Gasteiger partial charge in [0.15, 0.2) is 0 Å². The topological polar surface area (TPSA) is 12.0 Å². The van der Waals surface area contributed by atoms with E-state index in [1.165, 1.54) is 45.1 Å². The number of fused-ring (bicyclic) bond motifs is 5. The SMILES string of the molecule is CCCCC(CC)CC(NCCC)C1C2C3CCC(C3)C21. The summed E-state index contributed by atoms with van der Waals surface area (Å²) in [5, 5.41) is 3.97. The second kappa shape index (κ2) is 7.02. The minimum Gasteiger partial charge on any atom is -0.314 e. The number of rotatable bonds is 10. The Hall–Kier alpha value is -0.0400. The molecule has 0 spiro atoms. The average Bonchev–Trinajstić information content (AvgIpc) is 2.93. The van der Waals surface area contributed by atoms with Crippen LogP contribution in [0.4, 0.5) is 0 Å². The van der Waals surface area contributed by atoms with Crippen LogP contribution in [-0.4, -0.2) is 12.6 Å². The van der Waals surface area contributed by atoms with E-state index in [1.54, 1.807) is 19.3 Å². The zero-order valence-electron chi connectivity index (χ0n) is 14.6. The van der Waals surface area contributed by atoms with Crippen LogP contribution >= 0.6 is 0 Å². The molecule has 3 rings (SSSR count). The number of hydrogen-bond acceptors (Lipinski definition) is 1. The van der Waals surface area contributed by atoms with Crippen molar-refractivity contribution in [1.82, 2.24) is 5.32 Å². The lowest BCUT2D eigenvalue weighted by atomic mass is 9.87. The Bertz CT molecular complexity index is 310. The van der Waals surface area contributed by atoms with Crippen molar-refractivity contribution in [2.24, 2.45) is 35.5 Å². The monoisotopic (exact) mass is 291 g/mol. The first-order valence-corrected chi connectivity index (χ1v) is 10.0. The Morgan fingerprint density at radius 2 is 1.71 bits per heavy atom. The van der Waals surface area contributed by atoms with E-state index in [4.69, 9.17) is 0 Å². The summed E-state index contributed by atoms with van der Waals surface area (Å²) >= 11 is 0. The van der Waals surface area contributed by atoms with Gasteiger partial charge < -0.3 is 5.32 Å². The van der Waals surface area contributed by atoms with E-state index in [-0.39, 0.29) is 0 Å². The molecule has 0 amide bonds. The van der Waals surface area contributed by atoms with Crippen LogP contribution in [0.5, 0.6) is 0 Å². The number of unbranched alkanes of at least 4 members (excludes halogenated alkanes) is 1. The zero-order chi connectivity index (χ0) is 14.8. The van der Waals surface area contributed by atoms with Crippen LogP contribution in [0.2, 0.25) is 0 Å². The van der Waals surface area contributed by atoms with E-state index in [0.29, 0.717) is 0 Å². The van der Waals surface area contributed by atoms with E-state index in [2.05, 4.69) is 26.1 Å². The molecular formula is C20H37N. The minimum absolute atomic E-state index is 0.852. The first kappa shape index (κ1) is 15.8. The molecule has 1 N–H and O–H groups in total. The highest BCUT2D eigenvalue weighted by Gasteiger charge is 2.66. The van der Waals surface area contributed by atoms with Gasteiger partial charge in [0, 0.05) is 6.04 Å². The summed E-state index contributed by atoms with van der Waals surface area (Å²) < 4.78 is 0. The second-order valence-corrected chi connectivity index (χ2v) is 8.28. The lowest BCUT2D eigenvalue weighted by molar-refractivity contribution is 0.290.